The highest BCUT2D eigenvalue weighted by molar-refractivity contribution is 6.35. The molecule has 144 valence electrons. The quantitative estimate of drug-likeness (QED) is 0.622. The van der Waals surface area contributed by atoms with Crippen LogP contribution in [0.5, 0.6) is 5.75 Å². The average Bonchev–Trinajstić information content (AvgIpc) is 2.66. The predicted molar refractivity (Wildman–Crippen MR) is 104 cm³/mol. The molecular weight excluding hydrogens is 391 g/mol. The van der Waals surface area contributed by atoms with Gasteiger partial charge < -0.3 is 20.1 Å². The summed E-state index contributed by atoms with van der Waals surface area (Å²) in [6, 6.07) is 11.9. The van der Waals surface area contributed by atoms with Crippen LogP contribution < -0.4 is 15.4 Å². The third-order valence-corrected chi connectivity index (χ3v) is 4.15. The molecule has 2 aromatic rings. The van der Waals surface area contributed by atoms with Gasteiger partial charge in [0.1, 0.15) is 12.4 Å². The van der Waals surface area contributed by atoms with E-state index >= 15 is 0 Å². The van der Waals surface area contributed by atoms with Gasteiger partial charge in [-0.3, -0.25) is 9.59 Å². The smallest absolute Gasteiger partial charge is 0.255 e. The summed E-state index contributed by atoms with van der Waals surface area (Å²) in [5.41, 5.74) is 1.07. The molecule has 0 fully saturated rings. The number of hydrogen-bond donors (Lipinski definition) is 2. The fourth-order valence-electron chi connectivity index (χ4n) is 2.19. The van der Waals surface area contributed by atoms with Gasteiger partial charge in [0.05, 0.1) is 18.7 Å². The van der Waals surface area contributed by atoms with Crippen LogP contribution in [0.1, 0.15) is 15.9 Å². The van der Waals surface area contributed by atoms with E-state index in [1.165, 1.54) is 0 Å². The number of para-hydroxylation sites is 1. The number of carbonyl (C=O) groups excluding carboxylic acids is 2. The molecular formula is C19H20Cl2N2O4. The zero-order valence-electron chi connectivity index (χ0n) is 14.8. The number of amides is 2. The molecule has 2 N–H and O–H groups in total. The highest BCUT2D eigenvalue weighted by Crippen LogP contribution is 2.24. The Bertz CT molecular complexity index is 799. The third-order valence-electron chi connectivity index (χ3n) is 3.57. The second-order valence-electron chi connectivity index (χ2n) is 5.55. The molecule has 0 saturated heterocycles. The SMILES string of the molecule is COCCNC(=O)CNC(=O)c1ccccc1OCc1ccc(Cl)cc1Cl. The van der Waals surface area contributed by atoms with E-state index in [1.807, 2.05) is 0 Å². The maximum atomic E-state index is 12.4. The molecule has 0 saturated carbocycles. The Labute approximate surface area is 167 Å². The van der Waals surface area contributed by atoms with Crippen LogP contribution in [-0.4, -0.2) is 38.6 Å². The van der Waals surface area contributed by atoms with Crippen molar-refractivity contribution in [3.8, 4) is 5.75 Å². The highest BCUT2D eigenvalue weighted by atomic mass is 35.5. The number of carbonyl (C=O) groups is 2. The van der Waals surface area contributed by atoms with E-state index in [-0.39, 0.29) is 19.1 Å². The molecule has 6 nitrogen and oxygen atoms in total. The first-order valence-corrected chi connectivity index (χ1v) is 8.96. The van der Waals surface area contributed by atoms with E-state index < -0.39 is 5.91 Å². The number of ether oxygens (including phenoxy) is 2. The lowest BCUT2D eigenvalue weighted by Crippen LogP contribution is -2.38. The number of nitrogens with one attached hydrogen (secondary N) is 2. The molecule has 8 heteroatoms. The minimum absolute atomic E-state index is 0.139. The van der Waals surface area contributed by atoms with E-state index in [0.717, 1.165) is 5.56 Å². The summed E-state index contributed by atoms with van der Waals surface area (Å²) in [4.78, 5) is 24.1. The molecule has 0 spiro atoms. The lowest BCUT2D eigenvalue weighted by atomic mass is 10.2. The minimum Gasteiger partial charge on any atom is -0.488 e. The summed E-state index contributed by atoms with van der Waals surface area (Å²) < 4.78 is 10.6. The first-order valence-electron chi connectivity index (χ1n) is 8.21. The van der Waals surface area contributed by atoms with E-state index in [2.05, 4.69) is 10.6 Å². The van der Waals surface area contributed by atoms with Gasteiger partial charge in [-0.15, -0.1) is 0 Å². The molecule has 0 bridgehead atoms. The summed E-state index contributed by atoms with van der Waals surface area (Å²) in [5.74, 6) is -0.317. The molecule has 0 aliphatic carbocycles. The highest BCUT2D eigenvalue weighted by Gasteiger charge is 2.14. The minimum atomic E-state index is -0.408. The van der Waals surface area contributed by atoms with Crippen LogP contribution in [0.25, 0.3) is 0 Å². The van der Waals surface area contributed by atoms with Crippen molar-refractivity contribution in [2.45, 2.75) is 6.61 Å². The maximum absolute atomic E-state index is 12.4. The van der Waals surface area contributed by atoms with Gasteiger partial charge in [-0.2, -0.15) is 0 Å². The van der Waals surface area contributed by atoms with Gasteiger partial charge in [0.2, 0.25) is 5.91 Å². The van der Waals surface area contributed by atoms with Gasteiger partial charge in [0.25, 0.3) is 5.91 Å². The van der Waals surface area contributed by atoms with Crippen LogP contribution in [0.2, 0.25) is 10.0 Å². The summed E-state index contributed by atoms with van der Waals surface area (Å²) in [6.45, 7) is 0.827. The van der Waals surface area contributed by atoms with Crippen molar-refractivity contribution in [3.63, 3.8) is 0 Å². The molecule has 2 aromatic carbocycles. The van der Waals surface area contributed by atoms with E-state index in [4.69, 9.17) is 32.7 Å². The van der Waals surface area contributed by atoms with E-state index in [0.29, 0.717) is 34.5 Å². The molecule has 0 atom stereocenters. The normalized spacial score (nSPS) is 10.3. The number of benzene rings is 2. The first-order chi connectivity index (χ1) is 13.0. The molecule has 0 heterocycles. The van der Waals surface area contributed by atoms with Crippen LogP contribution >= 0.6 is 23.2 Å². The predicted octanol–water partition coefficient (Wildman–Crippen LogP) is 3.06. The Hall–Kier alpha value is -2.28. The standard InChI is InChI=1S/C19H20Cl2N2O4/c1-26-9-8-22-18(24)11-23-19(25)15-4-2-3-5-17(15)27-12-13-6-7-14(20)10-16(13)21/h2-7,10H,8-9,11-12H2,1H3,(H,22,24)(H,23,25). The van der Waals surface area contributed by atoms with Gasteiger partial charge in [0, 0.05) is 29.3 Å². The van der Waals surface area contributed by atoms with Crippen LogP contribution in [0.3, 0.4) is 0 Å². The molecule has 0 aliphatic rings. The average molecular weight is 411 g/mol. The number of methoxy groups -OCH3 is 1. The van der Waals surface area contributed by atoms with Crippen molar-refractivity contribution >= 4 is 35.0 Å². The van der Waals surface area contributed by atoms with Crippen LogP contribution in [-0.2, 0) is 16.1 Å². The molecule has 0 radical (unpaired) electrons. The zero-order chi connectivity index (χ0) is 19.6. The van der Waals surface area contributed by atoms with Crippen molar-refractivity contribution in [2.24, 2.45) is 0 Å². The van der Waals surface area contributed by atoms with Crippen LogP contribution in [0, 0.1) is 0 Å². The van der Waals surface area contributed by atoms with Gasteiger partial charge in [-0.25, -0.2) is 0 Å². The van der Waals surface area contributed by atoms with E-state index in [1.54, 1.807) is 49.6 Å². The lowest BCUT2D eigenvalue weighted by Gasteiger charge is -2.12. The maximum Gasteiger partial charge on any atom is 0.255 e. The fourth-order valence-corrected chi connectivity index (χ4v) is 2.65. The van der Waals surface area contributed by atoms with Crippen molar-refractivity contribution < 1.29 is 19.1 Å². The topological polar surface area (TPSA) is 76.7 Å². The number of rotatable bonds is 9. The molecule has 27 heavy (non-hydrogen) atoms. The zero-order valence-corrected chi connectivity index (χ0v) is 16.3. The largest absolute Gasteiger partial charge is 0.488 e. The third kappa shape index (κ3) is 6.75. The number of hydrogen-bond acceptors (Lipinski definition) is 4. The van der Waals surface area contributed by atoms with Gasteiger partial charge in [-0.05, 0) is 24.3 Å². The van der Waals surface area contributed by atoms with Crippen molar-refractivity contribution in [1.29, 1.82) is 0 Å². The van der Waals surface area contributed by atoms with Gasteiger partial charge in [-0.1, -0.05) is 41.4 Å². The Morgan fingerprint density at radius 3 is 2.59 bits per heavy atom. The van der Waals surface area contributed by atoms with Gasteiger partial charge in [0.15, 0.2) is 0 Å². The van der Waals surface area contributed by atoms with Crippen LogP contribution in [0.15, 0.2) is 42.5 Å². The number of halogens is 2. The summed E-state index contributed by atoms with van der Waals surface area (Å²) >= 11 is 12.0. The van der Waals surface area contributed by atoms with Crippen LogP contribution in [0.4, 0.5) is 0 Å². The Morgan fingerprint density at radius 1 is 1.07 bits per heavy atom. The fraction of sp³-hybridized carbons (Fsp3) is 0.263. The van der Waals surface area contributed by atoms with Crippen molar-refractivity contribution in [1.82, 2.24) is 10.6 Å². The molecule has 0 aromatic heterocycles. The second-order valence-corrected chi connectivity index (χ2v) is 6.39. The van der Waals surface area contributed by atoms with E-state index in [9.17, 15) is 9.59 Å². The molecule has 0 aliphatic heterocycles. The van der Waals surface area contributed by atoms with Crippen molar-refractivity contribution in [2.75, 3.05) is 26.8 Å². The summed E-state index contributed by atoms with van der Waals surface area (Å²) in [7, 11) is 1.54. The second kappa shape index (κ2) is 10.8. The summed E-state index contributed by atoms with van der Waals surface area (Å²) in [5, 5.41) is 6.21. The lowest BCUT2D eigenvalue weighted by molar-refractivity contribution is -0.120. The van der Waals surface area contributed by atoms with Crippen molar-refractivity contribution in [3.05, 3.63) is 63.6 Å². The summed E-state index contributed by atoms with van der Waals surface area (Å²) in [6.07, 6.45) is 0. The Balaban J connectivity index is 1.96. The Morgan fingerprint density at radius 2 is 1.85 bits per heavy atom. The molecule has 2 amide bonds. The molecule has 0 unspecified atom stereocenters. The molecule has 2 rings (SSSR count). The first kappa shape index (κ1) is 21.0. The Kier molecular flexibility index (Phi) is 8.39. The van der Waals surface area contributed by atoms with Gasteiger partial charge >= 0.3 is 0 Å². The monoisotopic (exact) mass is 410 g/mol.